The SMILES string of the molecule is C=CS(=O)(=O)CCC(=O)Nc1ccc(-c2ccccn2)cc1. The molecule has 5 nitrogen and oxygen atoms in total. The van der Waals surface area contributed by atoms with Crippen molar-refractivity contribution < 1.29 is 13.2 Å². The Morgan fingerprint density at radius 1 is 1.18 bits per heavy atom. The number of nitrogens with zero attached hydrogens (tertiary/aromatic N) is 1. The van der Waals surface area contributed by atoms with E-state index in [2.05, 4.69) is 16.9 Å². The number of carbonyl (C=O) groups excluding carboxylic acids is 1. The highest BCUT2D eigenvalue weighted by molar-refractivity contribution is 7.94. The van der Waals surface area contributed by atoms with E-state index >= 15 is 0 Å². The lowest BCUT2D eigenvalue weighted by atomic mass is 10.1. The first kappa shape index (κ1) is 15.9. The third-order valence-corrected chi connectivity index (χ3v) is 4.28. The van der Waals surface area contributed by atoms with Crippen LogP contribution in [-0.2, 0) is 14.6 Å². The Bertz CT molecular complexity index is 754. The van der Waals surface area contributed by atoms with Crippen molar-refractivity contribution in [1.82, 2.24) is 4.98 Å². The molecule has 114 valence electrons. The minimum Gasteiger partial charge on any atom is -0.326 e. The van der Waals surface area contributed by atoms with Gasteiger partial charge in [-0.2, -0.15) is 0 Å². The molecule has 0 atom stereocenters. The number of benzene rings is 1. The van der Waals surface area contributed by atoms with Gasteiger partial charge in [0.2, 0.25) is 5.91 Å². The number of sulfone groups is 1. The first-order chi connectivity index (χ1) is 10.5. The maximum Gasteiger partial charge on any atom is 0.225 e. The number of amides is 1. The average molecular weight is 316 g/mol. The van der Waals surface area contributed by atoms with Gasteiger partial charge in [-0.25, -0.2) is 8.42 Å². The van der Waals surface area contributed by atoms with E-state index in [0.717, 1.165) is 16.7 Å². The quantitative estimate of drug-likeness (QED) is 0.889. The average Bonchev–Trinajstić information content (AvgIpc) is 2.55. The van der Waals surface area contributed by atoms with Crippen LogP contribution < -0.4 is 5.32 Å². The molecule has 0 bridgehead atoms. The van der Waals surface area contributed by atoms with Crippen LogP contribution in [0, 0.1) is 0 Å². The molecule has 6 heteroatoms. The molecule has 1 amide bonds. The van der Waals surface area contributed by atoms with Crippen molar-refractivity contribution >= 4 is 21.4 Å². The van der Waals surface area contributed by atoms with Crippen LogP contribution in [0.5, 0.6) is 0 Å². The summed E-state index contributed by atoms with van der Waals surface area (Å²) in [6.45, 7) is 3.21. The second kappa shape index (κ2) is 7.00. The fourth-order valence-corrected chi connectivity index (χ4v) is 2.44. The summed E-state index contributed by atoms with van der Waals surface area (Å²) in [5, 5.41) is 3.52. The Morgan fingerprint density at radius 3 is 2.50 bits per heavy atom. The van der Waals surface area contributed by atoms with Gasteiger partial charge in [-0.05, 0) is 24.3 Å². The first-order valence-electron chi connectivity index (χ1n) is 6.67. The Morgan fingerprint density at radius 2 is 1.91 bits per heavy atom. The second-order valence-corrected chi connectivity index (χ2v) is 6.69. The molecule has 0 unspecified atom stereocenters. The van der Waals surface area contributed by atoms with Crippen LogP contribution in [0.15, 0.2) is 60.6 Å². The third kappa shape index (κ3) is 4.53. The summed E-state index contributed by atoms with van der Waals surface area (Å²) in [5.41, 5.74) is 2.39. The predicted molar refractivity (Wildman–Crippen MR) is 86.9 cm³/mol. The topological polar surface area (TPSA) is 76.1 Å². The van der Waals surface area contributed by atoms with Crippen molar-refractivity contribution in [1.29, 1.82) is 0 Å². The van der Waals surface area contributed by atoms with Gasteiger partial charge >= 0.3 is 0 Å². The number of carbonyl (C=O) groups is 1. The van der Waals surface area contributed by atoms with Gasteiger partial charge in [0.05, 0.1) is 11.4 Å². The molecule has 2 aromatic rings. The largest absolute Gasteiger partial charge is 0.326 e. The molecule has 0 aliphatic heterocycles. The molecular formula is C16H16N2O3S. The van der Waals surface area contributed by atoms with Crippen LogP contribution >= 0.6 is 0 Å². The lowest BCUT2D eigenvalue weighted by Gasteiger charge is -2.06. The predicted octanol–water partition coefficient (Wildman–Crippen LogP) is 2.64. The number of pyridine rings is 1. The van der Waals surface area contributed by atoms with Crippen LogP contribution in [0.1, 0.15) is 6.42 Å². The molecule has 0 aliphatic rings. The zero-order valence-corrected chi connectivity index (χ0v) is 12.7. The van der Waals surface area contributed by atoms with Gasteiger partial charge in [-0.15, -0.1) is 0 Å². The molecule has 2 rings (SSSR count). The van der Waals surface area contributed by atoms with Crippen molar-refractivity contribution in [3.8, 4) is 11.3 Å². The van der Waals surface area contributed by atoms with Crippen LogP contribution in [0.3, 0.4) is 0 Å². The lowest BCUT2D eigenvalue weighted by molar-refractivity contribution is -0.115. The highest BCUT2D eigenvalue weighted by Gasteiger charge is 2.10. The molecule has 1 aromatic heterocycles. The molecule has 0 saturated carbocycles. The van der Waals surface area contributed by atoms with E-state index in [0.29, 0.717) is 5.69 Å². The maximum absolute atomic E-state index is 11.7. The van der Waals surface area contributed by atoms with Gasteiger partial charge in [0.15, 0.2) is 9.84 Å². The summed E-state index contributed by atoms with van der Waals surface area (Å²) < 4.78 is 22.5. The van der Waals surface area contributed by atoms with Crippen molar-refractivity contribution in [2.45, 2.75) is 6.42 Å². The lowest BCUT2D eigenvalue weighted by Crippen LogP contribution is -2.16. The van der Waals surface area contributed by atoms with Gasteiger partial charge in [0.1, 0.15) is 0 Å². The van der Waals surface area contributed by atoms with Crippen molar-refractivity contribution in [3.05, 3.63) is 60.6 Å². The number of hydrogen-bond acceptors (Lipinski definition) is 4. The molecular weight excluding hydrogens is 300 g/mol. The Hall–Kier alpha value is -2.47. The highest BCUT2D eigenvalue weighted by atomic mass is 32.2. The Kier molecular flexibility index (Phi) is 5.06. The summed E-state index contributed by atoms with van der Waals surface area (Å²) in [4.78, 5) is 15.9. The Balaban J connectivity index is 1.97. The summed E-state index contributed by atoms with van der Waals surface area (Å²) >= 11 is 0. The molecule has 0 saturated heterocycles. The van der Waals surface area contributed by atoms with Crippen molar-refractivity contribution in [2.75, 3.05) is 11.1 Å². The molecule has 1 N–H and O–H groups in total. The maximum atomic E-state index is 11.7. The zero-order chi connectivity index (χ0) is 16.0. The first-order valence-corrected chi connectivity index (χ1v) is 8.38. The molecule has 1 heterocycles. The van der Waals surface area contributed by atoms with E-state index in [4.69, 9.17) is 0 Å². The van der Waals surface area contributed by atoms with Crippen LogP contribution in [-0.4, -0.2) is 25.1 Å². The van der Waals surface area contributed by atoms with Gasteiger partial charge in [0.25, 0.3) is 0 Å². The number of hydrogen-bond donors (Lipinski definition) is 1. The summed E-state index contributed by atoms with van der Waals surface area (Å²) in [6.07, 6.45) is 1.61. The number of nitrogens with one attached hydrogen (secondary N) is 1. The van der Waals surface area contributed by atoms with Crippen molar-refractivity contribution in [3.63, 3.8) is 0 Å². The number of anilines is 1. The monoisotopic (exact) mass is 316 g/mol. The van der Waals surface area contributed by atoms with E-state index in [1.54, 1.807) is 18.3 Å². The normalized spacial score (nSPS) is 10.9. The highest BCUT2D eigenvalue weighted by Crippen LogP contribution is 2.19. The Labute approximate surface area is 129 Å². The van der Waals surface area contributed by atoms with Gasteiger partial charge < -0.3 is 5.32 Å². The van der Waals surface area contributed by atoms with Crippen LogP contribution in [0.2, 0.25) is 0 Å². The second-order valence-electron chi connectivity index (χ2n) is 4.62. The molecule has 0 aliphatic carbocycles. The third-order valence-electron chi connectivity index (χ3n) is 3.00. The van der Waals surface area contributed by atoms with E-state index in [1.165, 1.54) is 0 Å². The fraction of sp³-hybridized carbons (Fsp3) is 0.125. The molecule has 0 spiro atoms. The van der Waals surface area contributed by atoms with E-state index in [9.17, 15) is 13.2 Å². The van der Waals surface area contributed by atoms with Gasteiger partial charge in [0, 0.05) is 29.3 Å². The molecule has 0 fully saturated rings. The smallest absolute Gasteiger partial charge is 0.225 e. The molecule has 22 heavy (non-hydrogen) atoms. The zero-order valence-electron chi connectivity index (χ0n) is 11.9. The van der Waals surface area contributed by atoms with Gasteiger partial charge in [-0.3, -0.25) is 9.78 Å². The standard InChI is InChI=1S/C16H16N2O3S/c1-2-22(20,21)12-10-16(19)18-14-8-6-13(7-9-14)15-5-3-4-11-17-15/h2-9,11H,1,10,12H2,(H,18,19). The summed E-state index contributed by atoms with van der Waals surface area (Å²) in [6, 6.07) is 12.8. The number of aromatic nitrogens is 1. The molecule has 0 radical (unpaired) electrons. The molecule has 1 aromatic carbocycles. The number of rotatable bonds is 6. The van der Waals surface area contributed by atoms with Crippen LogP contribution in [0.25, 0.3) is 11.3 Å². The van der Waals surface area contributed by atoms with Crippen molar-refractivity contribution in [2.24, 2.45) is 0 Å². The minimum atomic E-state index is -3.35. The fourth-order valence-electron chi connectivity index (χ4n) is 1.80. The van der Waals surface area contributed by atoms with E-state index in [-0.39, 0.29) is 18.1 Å². The minimum absolute atomic E-state index is 0.101. The van der Waals surface area contributed by atoms with Crippen LogP contribution in [0.4, 0.5) is 5.69 Å². The van der Waals surface area contributed by atoms with E-state index in [1.807, 2.05) is 30.3 Å². The van der Waals surface area contributed by atoms with Gasteiger partial charge in [-0.1, -0.05) is 24.8 Å². The summed E-state index contributed by atoms with van der Waals surface area (Å²) in [5.74, 6) is -0.593. The van der Waals surface area contributed by atoms with E-state index < -0.39 is 9.84 Å². The summed E-state index contributed by atoms with van der Waals surface area (Å²) in [7, 11) is -3.35.